The zero-order chi connectivity index (χ0) is 24.4. The van der Waals surface area contributed by atoms with Crippen molar-refractivity contribution in [1.29, 1.82) is 0 Å². The van der Waals surface area contributed by atoms with Crippen molar-refractivity contribution in [3.8, 4) is 5.75 Å². The summed E-state index contributed by atoms with van der Waals surface area (Å²) in [4.78, 5) is 29.9. The molecule has 0 bridgehead atoms. The standard InChI is InChI=1S/C25H34N4O4/c1-15(2)33-19-11-8-10-18(14-19)22-21(23(30)20-16(3)26-28(7)17(20)4)24(31)25(32)29(22)13-9-12-27(5)6/h8,10-11,14-15,22,30H,9,12-13H2,1-7H3/b23-21+/t22-/m0/s1. The molecule has 3 rings (SSSR count). The second kappa shape index (κ2) is 9.79. The summed E-state index contributed by atoms with van der Waals surface area (Å²) in [6.45, 7) is 8.65. The Morgan fingerprint density at radius 1 is 1.24 bits per heavy atom. The van der Waals surface area contributed by atoms with Crippen LogP contribution in [0.4, 0.5) is 0 Å². The second-order valence-electron chi connectivity index (χ2n) is 9.06. The van der Waals surface area contributed by atoms with Crippen molar-refractivity contribution in [2.24, 2.45) is 7.05 Å². The van der Waals surface area contributed by atoms with Crippen LogP contribution >= 0.6 is 0 Å². The van der Waals surface area contributed by atoms with E-state index in [9.17, 15) is 14.7 Å². The van der Waals surface area contributed by atoms with Gasteiger partial charge in [-0.2, -0.15) is 5.10 Å². The minimum absolute atomic E-state index is 0.0209. The molecule has 1 saturated heterocycles. The first-order valence-corrected chi connectivity index (χ1v) is 11.2. The number of rotatable bonds is 8. The van der Waals surface area contributed by atoms with Crippen LogP contribution in [0, 0.1) is 13.8 Å². The van der Waals surface area contributed by atoms with Gasteiger partial charge in [0.15, 0.2) is 0 Å². The molecule has 1 aliphatic rings. The molecule has 0 spiro atoms. The topological polar surface area (TPSA) is 87.9 Å². The molecule has 0 saturated carbocycles. The number of aliphatic hydroxyl groups is 1. The van der Waals surface area contributed by atoms with Crippen LogP contribution in [0.25, 0.3) is 5.76 Å². The van der Waals surface area contributed by atoms with E-state index < -0.39 is 17.7 Å². The first kappa shape index (κ1) is 24.5. The number of amides is 1. The van der Waals surface area contributed by atoms with E-state index >= 15 is 0 Å². The van der Waals surface area contributed by atoms with Gasteiger partial charge in [-0.15, -0.1) is 0 Å². The Bertz CT molecular complexity index is 1080. The van der Waals surface area contributed by atoms with Crippen molar-refractivity contribution in [3.63, 3.8) is 0 Å². The Morgan fingerprint density at radius 3 is 2.52 bits per heavy atom. The number of aliphatic hydroxyl groups excluding tert-OH is 1. The molecule has 0 radical (unpaired) electrons. The van der Waals surface area contributed by atoms with Crippen LogP contribution in [0.3, 0.4) is 0 Å². The minimum atomic E-state index is -0.707. The molecule has 1 aliphatic heterocycles. The number of Topliss-reactive ketones (excluding diaryl/α,β-unsaturated/α-hetero) is 1. The van der Waals surface area contributed by atoms with Gasteiger partial charge in [0.25, 0.3) is 11.7 Å². The van der Waals surface area contributed by atoms with Crippen molar-refractivity contribution >= 4 is 17.4 Å². The van der Waals surface area contributed by atoms with Crippen molar-refractivity contribution in [2.75, 3.05) is 27.2 Å². The van der Waals surface area contributed by atoms with Crippen LogP contribution in [-0.2, 0) is 16.6 Å². The third-order valence-electron chi connectivity index (χ3n) is 5.84. The van der Waals surface area contributed by atoms with Crippen LogP contribution in [-0.4, -0.2) is 69.7 Å². The fourth-order valence-electron chi connectivity index (χ4n) is 4.30. The fourth-order valence-corrected chi connectivity index (χ4v) is 4.30. The quantitative estimate of drug-likeness (QED) is 0.374. The molecule has 1 fully saturated rings. The van der Waals surface area contributed by atoms with E-state index in [4.69, 9.17) is 4.74 Å². The van der Waals surface area contributed by atoms with E-state index in [1.54, 1.807) is 23.6 Å². The van der Waals surface area contributed by atoms with Gasteiger partial charge in [0.1, 0.15) is 11.5 Å². The molecule has 2 aromatic rings. The third kappa shape index (κ3) is 4.95. The number of carbonyl (C=O) groups excluding carboxylic acids is 2. The van der Waals surface area contributed by atoms with Crippen molar-refractivity contribution in [2.45, 2.75) is 46.3 Å². The Labute approximate surface area is 195 Å². The van der Waals surface area contributed by atoms with E-state index in [0.717, 1.165) is 17.8 Å². The molecule has 2 heterocycles. The molecule has 1 atom stereocenters. The number of ketones is 1. The highest BCUT2D eigenvalue weighted by Crippen LogP contribution is 2.41. The van der Waals surface area contributed by atoms with E-state index in [0.29, 0.717) is 30.0 Å². The second-order valence-corrected chi connectivity index (χ2v) is 9.06. The molecule has 8 nitrogen and oxygen atoms in total. The molecule has 1 aromatic heterocycles. The number of ether oxygens (including phenoxy) is 1. The number of nitrogens with zero attached hydrogens (tertiary/aromatic N) is 4. The average molecular weight is 455 g/mol. The lowest BCUT2D eigenvalue weighted by Crippen LogP contribution is -2.32. The van der Waals surface area contributed by atoms with Gasteiger partial charge in [0, 0.05) is 19.3 Å². The maximum atomic E-state index is 13.2. The molecular weight excluding hydrogens is 420 g/mol. The summed E-state index contributed by atoms with van der Waals surface area (Å²) in [6, 6.07) is 6.68. The Morgan fingerprint density at radius 2 is 1.94 bits per heavy atom. The highest BCUT2D eigenvalue weighted by molar-refractivity contribution is 6.46. The number of carbonyl (C=O) groups is 2. The first-order chi connectivity index (χ1) is 15.5. The molecule has 178 valence electrons. The van der Waals surface area contributed by atoms with E-state index in [2.05, 4.69) is 5.10 Å². The van der Waals surface area contributed by atoms with Crippen molar-refractivity contribution in [1.82, 2.24) is 19.6 Å². The number of aryl methyl sites for hydroxylation is 2. The molecule has 1 aromatic carbocycles. The van der Waals surface area contributed by atoms with Gasteiger partial charge in [0.2, 0.25) is 0 Å². The number of benzene rings is 1. The van der Waals surface area contributed by atoms with E-state index in [-0.39, 0.29) is 17.4 Å². The minimum Gasteiger partial charge on any atom is -0.507 e. The monoisotopic (exact) mass is 454 g/mol. The summed E-state index contributed by atoms with van der Waals surface area (Å²) < 4.78 is 7.51. The molecule has 0 unspecified atom stereocenters. The van der Waals surface area contributed by atoms with Gasteiger partial charge >= 0.3 is 0 Å². The Kier molecular flexibility index (Phi) is 7.27. The SMILES string of the molecule is Cc1nn(C)c(C)c1/C(O)=C1\C(=O)C(=O)N(CCCN(C)C)[C@H]1c1cccc(OC(C)C)c1. The maximum absolute atomic E-state index is 13.2. The Hall–Kier alpha value is -3.13. The summed E-state index contributed by atoms with van der Waals surface area (Å²) in [6.07, 6.45) is 0.677. The van der Waals surface area contributed by atoms with E-state index in [1.165, 1.54) is 0 Å². The molecule has 8 heteroatoms. The summed E-state index contributed by atoms with van der Waals surface area (Å²) >= 11 is 0. The van der Waals surface area contributed by atoms with Gasteiger partial charge in [0.05, 0.1) is 29.0 Å². The third-order valence-corrected chi connectivity index (χ3v) is 5.84. The molecular formula is C25H34N4O4. The van der Waals surface area contributed by atoms with Gasteiger partial charge < -0.3 is 19.6 Å². The van der Waals surface area contributed by atoms with Crippen LogP contribution in [0.2, 0.25) is 0 Å². The van der Waals surface area contributed by atoms with Gasteiger partial charge in [-0.25, -0.2) is 0 Å². The zero-order valence-electron chi connectivity index (χ0n) is 20.5. The summed E-state index contributed by atoms with van der Waals surface area (Å²) in [5.74, 6) is -0.822. The van der Waals surface area contributed by atoms with Gasteiger partial charge in [-0.05, 0) is 72.5 Å². The molecule has 1 N–H and O–H groups in total. The Balaban J connectivity index is 2.16. The van der Waals surface area contributed by atoms with Crippen LogP contribution in [0.15, 0.2) is 29.8 Å². The predicted molar refractivity (Wildman–Crippen MR) is 127 cm³/mol. The first-order valence-electron chi connectivity index (χ1n) is 11.2. The smallest absolute Gasteiger partial charge is 0.295 e. The lowest BCUT2D eigenvalue weighted by atomic mass is 9.94. The van der Waals surface area contributed by atoms with Crippen molar-refractivity contribution in [3.05, 3.63) is 52.4 Å². The number of likely N-dealkylation sites (tertiary alicyclic amines) is 1. The lowest BCUT2D eigenvalue weighted by molar-refractivity contribution is -0.139. The van der Waals surface area contributed by atoms with Gasteiger partial charge in [-0.3, -0.25) is 14.3 Å². The largest absolute Gasteiger partial charge is 0.507 e. The van der Waals surface area contributed by atoms with Crippen LogP contribution < -0.4 is 4.74 Å². The summed E-state index contributed by atoms with van der Waals surface area (Å²) in [5.41, 5.74) is 2.62. The molecule has 33 heavy (non-hydrogen) atoms. The highest BCUT2D eigenvalue weighted by atomic mass is 16.5. The summed E-state index contributed by atoms with van der Waals surface area (Å²) in [7, 11) is 5.71. The van der Waals surface area contributed by atoms with Crippen molar-refractivity contribution < 1.29 is 19.4 Å². The molecule has 1 amide bonds. The number of hydrogen-bond acceptors (Lipinski definition) is 6. The van der Waals surface area contributed by atoms with E-state index in [1.807, 2.05) is 64.0 Å². The fraction of sp³-hybridized carbons (Fsp3) is 0.480. The summed E-state index contributed by atoms with van der Waals surface area (Å²) in [5, 5.41) is 15.7. The van der Waals surface area contributed by atoms with Gasteiger partial charge in [-0.1, -0.05) is 12.1 Å². The zero-order valence-corrected chi connectivity index (χ0v) is 20.5. The van der Waals surface area contributed by atoms with Crippen LogP contribution in [0.1, 0.15) is 48.8 Å². The number of aromatic nitrogens is 2. The van der Waals surface area contributed by atoms with Crippen LogP contribution in [0.5, 0.6) is 5.75 Å². The highest BCUT2D eigenvalue weighted by Gasteiger charge is 2.46. The normalized spacial score (nSPS) is 18.1. The average Bonchev–Trinajstić information content (AvgIpc) is 3.13. The maximum Gasteiger partial charge on any atom is 0.295 e. The molecule has 0 aliphatic carbocycles. The number of hydrogen-bond donors (Lipinski definition) is 1. The lowest BCUT2D eigenvalue weighted by Gasteiger charge is -2.26. The predicted octanol–water partition coefficient (Wildman–Crippen LogP) is 3.20.